The van der Waals surface area contributed by atoms with Gasteiger partial charge in [-0.2, -0.15) is 0 Å². The number of hydrogen-bond acceptors (Lipinski definition) is 1. The van der Waals surface area contributed by atoms with Crippen LogP contribution in [-0.4, -0.2) is 11.4 Å². The van der Waals surface area contributed by atoms with Crippen LogP contribution in [0.5, 0.6) is 0 Å². The molecule has 0 aliphatic carbocycles. The second-order valence-electron chi connectivity index (χ2n) is 5.56. The minimum Gasteiger partial charge on any atom is -0.340 e. The smallest absolute Gasteiger partial charge is 0.136 e. The maximum atomic E-state index is 14.7. The van der Waals surface area contributed by atoms with Gasteiger partial charge in [0.25, 0.3) is 0 Å². The Morgan fingerprint density at radius 1 is 1.07 bits per heavy atom. The van der Waals surface area contributed by atoms with Gasteiger partial charge in [-0.1, -0.05) is 62.4 Å². The fourth-order valence-electron chi connectivity index (χ4n) is 2.91. The van der Waals surface area contributed by atoms with Crippen LogP contribution in [-0.2, 0) is 0 Å². The Kier molecular flexibility index (Phi) is 7.62. The van der Waals surface area contributed by atoms with Gasteiger partial charge in [0.1, 0.15) is 11.6 Å². The molecule has 0 atom stereocenters. The summed E-state index contributed by atoms with van der Waals surface area (Å²) in [5, 5.41) is 0.0309. The van der Waals surface area contributed by atoms with Crippen LogP contribution >= 0.6 is 34.2 Å². The summed E-state index contributed by atoms with van der Waals surface area (Å²) in [7, 11) is 0. The molecule has 0 N–H and O–H groups in total. The summed E-state index contributed by atoms with van der Waals surface area (Å²) in [4.78, 5) is 1.83. The van der Waals surface area contributed by atoms with E-state index in [9.17, 15) is 8.78 Å². The third kappa shape index (κ3) is 4.43. The third-order valence-electron chi connectivity index (χ3n) is 4.04. The molecule has 0 spiro atoms. The normalized spacial score (nSPS) is 14.0. The summed E-state index contributed by atoms with van der Waals surface area (Å²) in [5.74, 6) is -1.38. The predicted molar refractivity (Wildman–Crippen MR) is 120 cm³/mol. The van der Waals surface area contributed by atoms with Crippen LogP contribution in [0.1, 0.15) is 31.9 Å². The van der Waals surface area contributed by atoms with E-state index in [0.717, 1.165) is 26.8 Å². The zero-order chi connectivity index (χ0) is 20.1. The standard InChI is InChI=1S/C20H15ClF2IN.C2H6/c1-3-25-12(2)18(24)11-15(13-7-5-4-6-8-13)20(25)19-16(22)9-14(21)10-17(19)23;1-2/h4-11H,2-3H2,1H3;1-2H3. The Bertz CT molecular complexity index is 881. The minimum absolute atomic E-state index is 0.0309. The second-order valence-corrected chi connectivity index (χ2v) is 7.15. The predicted octanol–water partition coefficient (Wildman–Crippen LogP) is 7.68. The van der Waals surface area contributed by atoms with Crippen LogP contribution in [0.4, 0.5) is 8.78 Å². The summed E-state index contributed by atoms with van der Waals surface area (Å²) >= 11 is 7.99. The van der Waals surface area contributed by atoms with E-state index in [1.807, 2.05) is 62.1 Å². The Morgan fingerprint density at radius 2 is 1.63 bits per heavy atom. The van der Waals surface area contributed by atoms with Crippen LogP contribution in [0.25, 0.3) is 11.3 Å². The molecule has 142 valence electrons. The van der Waals surface area contributed by atoms with Crippen molar-refractivity contribution in [2.45, 2.75) is 20.8 Å². The van der Waals surface area contributed by atoms with Gasteiger partial charge in [0, 0.05) is 26.4 Å². The Labute approximate surface area is 178 Å². The SMILES string of the molecule is C=C1C(I)=CC(c2ccccc2)=C(c2c(F)cc(Cl)cc2F)N1CC.CC. The van der Waals surface area contributed by atoms with Crippen molar-refractivity contribution in [3.8, 4) is 0 Å². The van der Waals surface area contributed by atoms with Gasteiger partial charge in [-0.15, -0.1) is 0 Å². The van der Waals surface area contributed by atoms with Crippen LogP contribution in [0, 0.1) is 11.6 Å². The topological polar surface area (TPSA) is 3.24 Å². The van der Waals surface area contributed by atoms with Crippen molar-refractivity contribution in [3.63, 3.8) is 0 Å². The van der Waals surface area contributed by atoms with Gasteiger partial charge >= 0.3 is 0 Å². The quantitative estimate of drug-likeness (QED) is 0.392. The summed E-state index contributed by atoms with van der Waals surface area (Å²) in [6.07, 6.45) is 1.91. The van der Waals surface area contributed by atoms with Crippen molar-refractivity contribution in [2.24, 2.45) is 0 Å². The number of benzene rings is 2. The highest BCUT2D eigenvalue weighted by Gasteiger charge is 2.28. The molecule has 2 aromatic carbocycles. The molecule has 2 aromatic rings. The Morgan fingerprint density at radius 3 is 2.15 bits per heavy atom. The van der Waals surface area contributed by atoms with E-state index in [0.29, 0.717) is 17.9 Å². The Hall–Kier alpha value is -1.66. The van der Waals surface area contributed by atoms with Crippen LogP contribution in [0.2, 0.25) is 5.02 Å². The summed E-state index contributed by atoms with van der Waals surface area (Å²) in [6, 6.07) is 11.8. The molecule has 1 aliphatic heterocycles. The zero-order valence-electron chi connectivity index (χ0n) is 15.5. The number of nitrogens with zero attached hydrogens (tertiary/aromatic N) is 1. The lowest BCUT2D eigenvalue weighted by Crippen LogP contribution is -2.25. The minimum atomic E-state index is -0.690. The van der Waals surface area contributed by atoms with Gasteiger partial charge in [0.15, 0.2) is 0 Å². The van der Waals surface area contributed by atoms with Crippen molar-refractivity contribution < 1.29 is 8.78 Å². The van der Waals surface area contributed by atoms with Crippen molar-refractivity contribution in [1.82, 2.24) is 4.90 Å². The van der Waals surface area contributed by atoms with Crippen LogP contribution in [0.15, 0.2) is 64.4 Å². The van der Waals surface area contributed by atoms with Gasteiger partial charge in [-0.25, -0.2) is 8.78 Å². The van der Waals surface area contributed by atoms with Crippen LogP contribution in [0.3, 0.4) is 0 Å². The van der Waals surface area contributed by atoms with Crippen molar-refractivity contribution in [3.05, 3.63) is 92.2 Å². The maximum absolute atomic E-state index is 14.7. The summed E-state index contributed by atoms with van der Waals surface area (Å²) in [6.45, 7) is 10.5. The van der Waals surface area contributed by atoms with E-state index in [1.165, 1.54) is 0 Å². The van der Waals surface area contributed by atoms with Crippen molar-refractivity contribution >= 4 is 45.5 Å². The lowest BCUT2D eigenvalue weighted by atomic mass is 9.94. The zero-order valence-corrected chi connectivity index (χ0v) is 18.4. The van der Waals surface area contributed by atoms with Gasteiger partial charge in [0.2, 0.25) is 0 Å². The lowest BCUT2D eigenvalue weighted by Gasteiger charge is -2.34. The second kappa shape index (κ2) is 9.51. The highest BCUT2D eigenvalue weighted by molar-refractivity contribution is 14.1. The first kappa shape index (κ1) is 21.6. The average molecular weight is 500 g/mol. The number of likely N-dealkylation sites (N-methyl/N-ethyl adjacent to an activating group) is 1. The number of rotatable bonds is 3. The molecule has 1 heterocycles. The van der Waals surface area contributed by atoms with Gasteiger partial charge < -0.3 is 4.90 Å². The molecule has 0 amide bonds. The molecule has 1 nitrogen and oxygen atoms in total. The molecule has 0 aromatic heterocycles. The lowest BCUT2D eigenvalue weighted by molar-refractivity contribution is 0.510. The van der Waals surface area contributed by atoms with Gasteiger partial charge in [-0.3, -0.25) is 0 Å². The van der Waals surface area contributed by atoms with Gasteiger partial charge in [-0.05, 0) is 53.3 Å². The maximum Gasteiger partial charge on any atom is 0.136 e. The molecular formula is C22H21ClF2IN. The molecule has 0 radical (unpaired) electrons. The molecule has 1 aliphatic rings. The van der Waals surface area contributed by atoms with Crippen molar-refractivity contribution in [2.75, 3.05) is 6.54 Å². The van der Waals surface area contributed by atoms with Crippen molar-refractivity contribution in [1.29, 1.82) is 0 Å². The molecule has 0 bridgehead atoms. The molecule has 0 saturated heterocycles. The molecule has 3 rings (SSSR count). The molecule has 5 heteroatoms. The van der Waals surface area contributed by atoms with E-state index in [2.05, 4.69) is 29.2 Å². The first-order valence-electron chi connectivity index (χ1n) is 8.72. The fraction of sp³-hybridized carbons (Fsp3) is 0.182. The number of allylic oxidation sites excluding steroid dienone is 3. The fourth-order valence-corrected chi connectivity index (χ4v) is 3.71. The van der Waals surface area contributed by atoms with Gasteiger partial charge in [0.05, 0.1) is 11.3 Å². The third-order valence-corrected chi connectivity index (χ3v) is 5.19. The van der Waals surface area contributed by atoms with E-state index in [1.54, 1.807) is 0 Å². The first-order valence-corrected chi connectivity index (χ1v) is 10.2. The molecule has 0 saturated carbocycles. The van der Waals surface area contributed by atoms with Crippen LogP contribution < -0.4 is 0 Å². The van der Waals surface area contributed by atoms with E-state index in [4.69, 9.17) is 11.6 Å². The molecule has 0 unspecified atom stereocenters. The van der Waals surface area contributed by atoms with E-state index in [-0.39, 0.29) is 10.6 Å². The molecule has 27 heavy (non-hydrogen) atoms. The summed E-state index contributed by atoms with van der Waals surface area (Å²) < 4.78 is 30.3. The molecule has 0 fully saturated rings. The largest absolute Gasteiger partial charge is 0.340 e. The molecular weight excluding hydrogens is 479 g/mol. The number of halogens is 4. The van der Waals surface area contributed by atoms with E-state index < -0.39 is 11.6 Å². The summed E-state index contributed by atoms with van der Waals surface area (Å²) in [5.41, 5.74) is 2.72. The highest BCUT2D eigenvalue weighted by Crippen LogP contribution is 2.42. The highest BCUT2D eigenvalue weighted by atomic mass is 127. The number of hydrogen-bond donors (Lipinski definition) is 0. The van der Waals surface area contributed by atoms with E-state index >= 15 is 0 Å². The average Bonchev–Trinajstić information content (AvgIpc) is 2.66. The Balaban J connectivity index is 0.00000126. The monoisotopic (exact) mass is 499 g/mol. The first-order chi connectivity index (χ1) is 12.9.